The second-order valence-electron chi connectivity index (χ2n) is 7.38. The summed E-state index contributed by atoms with van der Waals surface area (Å²) in [5, 5.41) is 52.9. The van der Waals surface area contributed by atoms with Crippen molar-refractivity contribution in [3.63, 3.8) is 0 Å². The number of amides is 1. The first-order valence-corrected chi connectivity index (χ1v) is 11.0. The van der Waals surface area contributed by atoms with Crippen LogP contribution in [0.4, 0.5) is 0 Å². The number of rotatable bonds is 8. The fraction of sp³-hybridized carbons (Fsp3) is 0.875. The molecule has 2 heterocycles. The topological polar surface area (TPSA) is 248 Å². The van der Waals surface area contributed by atoms with E-state index < -0.39 is 96.8 Å². The van der Waals surface area contributed by atoms with Gasteiger partial charge in [0.1, 0.15) is 42.7 Å². The van der Waals surface area contributed by atoms with Gasteiger partial charge in [-0.3, -0.25) is 14.1 Å². The van der Waals surface area contributed by atoms with Gasteiger partial charge in [-0.25, -0.2) is 4.18 Å². The van der Waals surface area contributed by atoms with E-state index in [0.29, 0.717) is 0 Å². The molecule has 0 aromatic carbocycles. The van der Waals surface area contributed by atoms with Gasteiger partial charge < -0.3 is 49.8 Å². The second kappa shape index (κ2) is 11.3. The standard InChI is InChI=1S/C16H27NO15S/c1-5(19)17-9-11(22)10(21)7(3-18)31-16(9)32-13-8(4-28-33(25,26)27)30-15(24)14(12(13)23)29-6(2)20/h7-16,18,21-24H,3-4H2,1-2H3,(H,17,19)(H,25,26,27)/t7-,8-,9-,10-,11-,12+,13-,14-,15?,16+/m1/s1. The highest BCUT2D eigenvalue weighted by atomic mass is 32.3. The largest absolute Gasteiger partial charge is 0.454 e. The Hall–Kier alpha value is -1.51. The minimum Gasteiger partial charge on any atom is -0.454 e. The number of ether oxygens (including phenoxy) is 4. The van der Waals surface area contributed by atoms with Crippen LogP contribution in [0.15, 0.2) is 0 Å². The van der Waals surface area contributed by atoms with Crippen LogP contribution in [0, 0.1) is 0 Å². The summed E-state index contributed by atoms with van der Waals surface area (Å²) < 4.78 is 55.9. The third-order valence-electron chi connectivity index (χ3n) is 4.86. The van der Waals surface area contributed by atoms with E-state index in [9.17, 15) is 43.5 Å². The molecule has 0 bridgehead atoms. The van der Waals surface area contributed by atoms with E-state index in [4.69, 9.17) is 23.5 Å². The Morgan fingerprint density at radius 3 is 2.12 bits per heavy atom. The summed E-state index contributed by atoms with van der Waals surface area (Å²) in [6, 6.07) is -1.45. The van der Waals surface area contributed by atoms with Crippen LogP contribution in [0.2, 0.25) is 0 Å². The normalized spacial score (nSPS) is 39.6. The van der Waals surface area contributed by atoms with Gasteiger partial charge in [-0.15, -0.1) is 0 Å². The van der Waals surface area contributed by atoms with Crippen molar-refractivity contribution in [3.8, 4) is 0 Å². The van der Waals surface area contributed by atoms with Crippen LogP contribution in [0.5, 0.6) is 0 Å². The van der Waals surface area contributed by atoms with E-state index in [2.05, 4.69) is 9.50 Å². The van der Waals surface area contributed by atoms with Crippen molar-refractivity contribution >= 4 is 22.3 Å². The molecule has 2 rings (SSSR count). The summed E-state index contributed by atoms with van der Waals surface area (Å²) >= 11 is 0. The number of carbonyl (C=O) groups is 2. The minimum absolute atomic E-state index is 0.675. The van der Waals surface area contributed by atoms with Crippen LogP contribution in [0.1, 0.15) is 13.8 Å². The molecule has 1 unspecified atom stereocenters. The number of aliphatic hydroxyl groups is 5. The van der Waals surface area contributed by atoms with Crippen LogP contribution in [-0.2, 0) is 43.1 Å². The van der Waals surface area contributed by atoms with Crippen LogP contribution < -0.4 is 5.32 Å². The number of nitrogens with one attached hydrogen (secondary N) is 1. The molecule has 0 aromatic rings. The third-order valence-corrected chi connectivity index (χ3v) is 5.29. The molecule has 192 valence electrons. The lowest BCUT2D eigenvalue weighted by atomic mass is 9.95. The van der Waals surface area contributed by atoms with E-state index in [1.54, 1.807) is 0 Å². The van der Waals surface area contributed by atoms with Crippen LogP contribution in [-0.4, -0.2) is 125 Å². The van der Waals surface area contributed by atoms with Crippen molar-refractivity contribution in [1.29, 1.82) is 0 Å². The van der Waals surface area contributed by atoms with E-state index in [1.807, 2.05) is 0 Å². The maximum atomic E-state index is 11.6. The summed E-state index contributed by atoms with van der Waals surface area (Å²) in [6.45, 7) is 0.293. The molecule has 0 spiro atoms. The van der Waals surface area contributed by atoms with Crippen molar-refractivity contribution in [1.82, 2.24) is 5.32 Å². The van der Waals surface area contributed by atoms with Crippen molar-refractivity contribution < 1.29 is 71.2 Å². The summed E-state index contributed by atoms with van der Waals surface area (Å²) in [7, 11) is -4.98. The highest BCUT2D eigenvalue weighted by molar-refractivity contribution is 7.80. The Kier molecular flexibility index (Phi) is 9.48. The first-order valence-electron chi connectivity index (χ1n) is 9.60. The Labute approximate surface area is 187 Å². The molecule has 0 aliphatic carbocycles. The highest BCUT2D eigenvalue weighted by Crippen LogP contribution is 2.30. The third kappa shape index (κ3) is 7.23. The number of hydrogen-bond donors (Lipinski definition) is 7. The number of hydrogen-bond acceptors (Lipinski definition) is 14. The van der Waals surface area contributed by atoms with Crippen LogP contribution in [0.3, 0.4) is 0 Å². The number of aliphatic hydroxyl groups excluding tert-OH is 5. The Bertz CT molecular complexity index is 793. The molecule has 1 amide bonds. The van der Waals surface area contributed by atoms with Gasteiger partial charge in [0.05, 0.1) is 13.2 Å². The van der Waals surface area contributed by atoms with Crippen LogP contribution >= 0.6 is 0 Å². The van der Waals surface area contributed by atoms with Gasteiger partial charge in [0.25, 0.3) is 0 Å². The molecule has 0 saturated carbocycles. The van der Waals surface area contributed by atoms with Gasteiger partial charge in [0, 0.05) is 13.8 Å². The average Bonchev–Trinajstić information content (AvgIpc) is 2.70. The monoisotopic (exact) mass is 505 g/mol. The van der Waals surface area contributed by atoms with Crippen molar-refractivity contribution in [2.24, 2.45) is 0 Å². The summed E-state index contributed by atoms with van der Waals surface area (Å²) in [6.07, 6.45) is -15.3. The molecule has 2 saturated heterocycles. The molecule has 16 nitrogen and oxygen atoms in total. The predicted octanol–water partition coefficient (Wildman–Crippen LogP) is -4.86. The molecule has 33 heavy (non-hydrogen) atoms. The Morgan fingerprint density at radius 2 is 1.61 bits per heavy atom. The predicted molar refractivity (Wildman–Crippen MR) is 100 cm³/mol. The van der Waals surface area contributed by atoms with Gasteiger partial charge in [0.15, 0.2) is 18.7 Å². The molecule has 0 radical (unpaired) electrons. The molecule has 2 fully saturated rings. The minimum atomic E-state index is -4.98. The van der Waals surface area contributed by atoms with Gasteiger partial charge in [-0.05, 0) is 0 Å². The summed E-state index contributed by atoms with van der Waals surface area (Å²) in [5.41, 5.74) is 0. The van der Waals surface area contributed by atoms with Gasteiger partial charge in [0.2, 0.25) is 5.91 Å². The first-order chi connectivity index (χ1) is 15.2. The van der Waals surface area contributed by atoms with E-state index in [1.165, 1.54) is 0 Å². The lowest BCUT2D eigenvalue weighted by Crippen LogP contribution is -2.67. The molecular formula is C16H27NO15S. The van der Waals surface area contributed by atoms with Gasteiger partial charge in [-0.1, -0.05) is 0 Å². The fourth-order valence-corrected chi connectivity index (χ4v) is 3.73. The zero-order valence-electron chi connectivity index (χ0n) is 17.5. The Morgan fingerprint density at radius 1 is 0.970 bits per heavy atom. The van der Waals surface area contributed by atoms with Crippen molar-refractivity contribution in [3.05, 3.63) is 0 Å². The molecule has 10 atom stereocenters. The lowest BCUT2D eigenvalue weighted by molar-refractivity contribution is -0.341. The van der Waals surface area contributed by atoms with Crippen molar-refractivity contribution in [2.75, 3.05) is 13.2 Å². The molecule has 2 aliphatic rings. The maximum absolute atomic E-state index is 11.6. The highest BCUT2D eigenvalue weighted by Gasteiger charge is 2.52. The molecule has 7 N–H and O–H groups in total. The molecule has 0 aromatic heterocycles. The summed E-state index contributed by atoms with van der Waals surface area (Å²) in [4.78, 5) is 22.9. The van der Waals surface area contributed by atoms with Gasteiger partial charge >= 0.3 is 16.4 Å². The molecule has 2 aliphatic heterocycles. The van der Waals surface area contributed by atoms with Crippen molar-refractivity contribution in [2.45, 2.75) is 75.2 Å². The second-order valence-corrected chi connectivity index (χ2v) is 8.47. The van der Waals surface area contributed by atoms with E-state index in [-0.39, 0.29) is 0 Å². The number of esters is 1. The molecule has 17 heteroatoms. The maximum Gasteiger partial charge on any atom is 0.397 e. The Balaban J connectivity index is 2.35. The zero-order valence-corrected chi connectivity index (χ0v) is 18.3. The smallest absolute Gasteiger partial charge is 0.397 e. The zero-order chi connectivity index (χ0) is 25.1. The number of carbonyl (C=O) groups excluding carboxylic acids is 2. The molecular weight excluding hydrogens is 478 g/mol. The van der Waals surface area contributed by atoms with E-state index in [0.717, 1.165) is 13.8 Å². The van der Waals surface area contributed by atoms with Crippen LogP contribution in [0.25, 0.3) is 0 Å². The summed E-state index contributed by atoms with van der Waals surface area (Å²) in [5.74, 6) is -1.59. The lowest BCUT2D eigenvalue weighted by Gasteiger charge is -2.47. The average molecular weight is 505 g/mol. The fourth-order valence-electron chi connectivity index (χ4n) is 3.43. The first kappa shape index (κ1) is 27.7. The van der Waals surface area contributed by atoms with E-state index >= 15 is 0 Å². The SMILES string of the molecule is CC(=O)N[C@H]1[C@H](O[C@H]2[C@H](O)[C@@H](OC(C)=O)C(O)O[C@@H]2COS(=O)(=O)O)O[C@H](CO)[C@@H](O)[C@@H]1O. The van der Waals surface area contributed by atoms with Gasteiger partial charge in [-0.2, -0.15) is 8.42 Å². The quantitative estimate of drug-likeness (QED) is 0.121.